The molecule has 1 saturated heterocycles. The molecule has 16 heavy (non-hydrogen) atoms. The zero-order chi connectivity index (χ0) is 11.5. The van der Waals surface area contributed by atoms with Crippen molar-refractivity contribution in [1.82, 2.24) is 5.32 Å². The maximum atomic E-state index is 11.6. The quantitative estimate of drug-likeness (QED) is 0.555. The molecule has 1 aromatic heterocycles. The summed E-state index contributed by atoms with van der Waals surface area (Å²) < 4.78 is 4.92. The predicted molar refractivity (Wildman–Crippen MR) is 53.2 cm³/mol. The van der Waals surface area contributed by atoms with Crippen molar-refractivity contribution in [1.29, 1.82) is 0 Å². The Balaban J connectivity index is 1.99. The van der Waals surface area contributed by atoms with Crippen LogP contribution < -0.4 is 10.6 Å². The van der Waals surface area contributed by atoms with E-state index in [9.17, 15) is 14.4 Å². The second-order valence-electron chi connectivity index (χ2n) is 3.47. The number of carbonyl (C=O) groups excluding carboxylic acids is 3. The van der Waals surface area contributed by atoms with Gasteiger partial charge in [0.05, 0.1) is 6.26 Å². The molecule has 2 N–H and O–H groups in total. The molecule has 0 aliphatic carbocycles. The van der Waals surface area contributed by atoms with Gasteiger partial charge >= 0.3 is 0 Å². The minimum absolute atomic E-state index is 0.183. The van der Waals surface area contributed by atoms with Crippen LogP contribution in [0.3, 0.4) is 0 Å². The number of amides is 3. The highest BCUT2D eigenvalue weighted by molar-refractivity contribution is 6.11. The van der Waals surface area contributed by atoms with E-state index in [-0.39, 0.29) is 24.6 Å². The monoisotopic (exact) mass is 222 g/mol. The Morgan fingerprint density at radius 1 is 1.50 bits per heavy atom. The molecular formula is C10H10N2O4. The Labute approximate surface area is 91.0 Å². The van der Waals surface area contributed by atoms with Crippen LogP contribution in [0.5, 0.6) is 0 Å². The first-order chi connectivity index (χ1) is 7.66. The maximum Gasteiger partial charge on any atom is 0.239 e. The van der Waals surface area contributed by atoms with Gasteiger partial charge in [-0.25, -0.2) is 0 Å². The molecule has 3 amide bonds. The van der Waals surface area contributed by atoms with Crippen LogP contribution in [0, 0.1) is 5.92 Å². The zero-order valence-electron chi connectivity index (χ0n) is 8.36. The van der Waals surface area contributed by atoms with Gasteiger partial charge in [-0.2, -0.15) is 0 Å². The lowest BCUT2D eigenvalue weighted by Gasteiger charge is -2.19. The Morgan fingerprint density at radius 2 is 2.31 bits per heavy atom. The maximum absolute atomic E-state index is 11.6. The minimum atomic E-state index is -0.831. The minimum Gasteiger partial charge on any atom is -0.449 e. The third-order valence-corrected chi connectivity index (χ3v) is 2.32. The van der Waals surface area contributed by atoms with Crippen molar-refractivity contribution in [2.45, 2.75) is 12.8 Å². The van der Waals surface area contributed by atoms with Gasteiger partial charge in [-0.3, -0.25) is 25.0 Å². The average molecular weight is 222 g/mol. The van der Waals surface area contributed by atoms with Gasteiger partial charge in [0.2, 0.25) is 17.7 Å². The van der Waals surface area contributed by atoms with Crippen LogP contribution in [-0.4, -0.2) is 17.7 Å². The third-order valence-electron chi connectivity index (χ3n) is 2.32. The van der Waals surface area contributed by atoms with Crippen molar-refractivity contribution in [3.05, 3.63) is 18.4 Å². The summed E-state index contributed by atoms with van der Waals surface area (Å²) in [6.45, 7) is 0. The zero-order valence-corrected chi connectivity index (χ0v) is 8.36. The predicted octanol–water partition coefficient (Wildman–Crippen LogP) is 0.271. The molecule has 1 fully saturated rings. The fourth-order valence-corrected chi connectivity index (χ4v) is 1.50. The van der Waals surface area contributed by atoms with E-state index in [1.54, 1.807) is 12.1 Å². The second-order valence-corrected chi connectivity index (χ2v) is 3.47. The number of imide groups is 1. The van der Waals surface area contributed by atoms with Crippen molar-refractivity contribution in [3.8, 4) is 0 Å². The standard InChI is InChI=1S/C10H10N2O4/c13-7-4-3-6(9(14)11-7)10(15)12-8-2-1-5-16-8/h1-2,5-6H,3-4H2,(H,12,15)(H,11,13,14). The molecule has 0 saturated carbocycles. The summed E-state index contributed by atoms with van der Waals surface area (Å²) in [6, 6.07) is 3.20. The van der Waals surface area contributed by atoms with Gasteiger partial charge in [0.1, 0.15) is 5.92 Å². The third kappa shape index (κ3) is 2.10. The second kappa shape index (κ2) is 4.18. The van der Waals surface area contributed by atoms with E-state index >= 15 is 0 Å². The van der Waals surface area contributed by atoms with E-state index in [0.29, 0.717) is 0 Å². The number of anilines is 1. The van der Waals surface area contributed by atoms with Crippen molar-refractivity contribution in [3.63, 3.8) is 0 Å². The highest BCUT2D eigenvalue weighted by atomic mass is 16.3. The lowest BCUT2D eigenvalue weighted by molar-refractivity contribution is -0.139. The molecule has 84 valence electrons. The van der Waals surface area contributed by atoms with Crippen LogP contribution in [0.4, 0.5) is 5.88 Å². The van der Waals surface area contributed by atoms with Crippen molar-refractivity contribution < 1.29 is 18.8 Å². The number of carbonyl (C=O) groups is 3. The lowest BCUT2D eigenvalue weighted by atomic mass is 9.97. The van der Waals surface area contributed by atoms with Crippen LogP contribution >= 0.6 is 0 Å². The first-order valence-electron chi connectivity index (χ1n) is 4.85. The molecular weight excluding hydrogens is 212 g/mol. The highest BCUT2D eigenvalue weighted by Crippen LogP contribution is 2.15. The van der Waals surface area contributed by atoms with E-state index in [1.807, 2.05) is 0 Å². The molecule has 0 bridgehead atoms. The molecule has 0 aromatic carbocycles. The van der Waals surface area contributed by atoms with Crippen molar-refractivity contribution in [2.24, 2.45) is 5.92 Å². The van der Waals surface area contributed by atoms with Gasteiger partial charge in [0.25, 0.3) is 0 Å². The number of furan rings is 1. The van der Waals surface area contributed by atoms with Gasteiger partial charge in [-0.05, 0) is 12.5 Å². The van der Waals surface area contributed by atoms with Gasteiger partial charge in [0.15, 0.2) is 5.88 Å². The molecule has 6 heteroatoms. The van der Waals surface area contributed by atoms with Crippen LogP contribution in [0.1, 0.15) is 12.8 Å². The molecule has 1 unspecified atom stereocenters. The fraction of sp³-hybridized carbons (Fsp3) is 0.300. The molecule has 0 spiro atoms. The first kappa shape index (κ1) is 10.4. The SMILES string of the molecule is O=C1CCC(C(=O)Nc2ccco2)C(=O)N1. The molecule has 1 atom stereocenters. The molecule has 6 nitrogen and oxygen atoms in total. The molecule has 2 heterocycles. The molecule has 1 aromatic rings. The highest BCUT2D eigenvalue weighted by Gasteiger charge is 2.32. The van der Waals surface area contributed by atoms with Crippen molar-refractivity contribution >= 4 is 23.6 Å². The van der Waals surface area contributed by atoms with Crippen LogP contribution in [0.15, 0.2) is 22.8 Å². The molecule has 0 radical (unpaired) electrons. The Bertz CT molecular complexity index is 424. The van der Waals surface area contributed by atoms with E-state index in [4.69, 9.17) is 4.42 Å². The smallest absolute Gasteiger partial charge is 0.239 e. The van der Waals surface area contributed by atoms with Gasteiger partial charge in [-0.15, -0.1) is 0 Å². The van der Waals surface area contributed by atoms with E-state index in [1.165, 1.54) is 6.26 Å². The number of rotatable bonds is 2. The van der Waals surface area contributed by atoms with Gasteiger partial charge < -0.3 is 4.42 Å². The largest absolute Gasteiger partial charge is 0.449 e. The normalized spacial score (nSPS) is 20.4. The van der Waals surface area contributed by atoms with E-state index in [0.717, 1.165) is 0 Å². The number of piperidine rings is 1. The Kier molecular flexibility index (Phi) is 2.72. The Morgan fingerprint density at radius 3 is 2.94 bits per heavy atom. The van der Waals surface area contributed by atoms with Gasteiger partial charge in [0, 0.05) is 12.5 Å². The summed E-state index contributed by atoms with van der Waals surface area (Å²) in [5, 5.41) is 4.58. The van der Waals surface area contributed by atoms with Crippen LogP contribution in [0.25, 0.3) is 0 Å². The summed E-state index contributed by atoms with van der Waals surface area (Å²) >= 11 is 0. The summed E-state index contributed by atoms with van der Waals surface area (Å²) in [6.07, 6.45) is 1.83. The fourth-order valence-electron chi connectivity index (χ4n) is 1.50. The van der Waals surface area contributed by atoms with Crippen LogP contribution in [-0.2, 0) is 14.4 Å². The first-order valence-corrected chi connectivity index (χ1v) is 4.85. The molecule has 1 aliphatic heterocycles. The van der Waals surface area contributed by atoms with E-state index in [2.05, 4.69) is 10.6 Å². The summed E-state index contributed by atoms with van der Waals surface area (Å²) in [4.78, 5) is 33.9. The molecule has 1 aliphatic rings. The molecule has 2 rings (SSSR count). The summed E-state index contributed by atoms with van der Waals surface area (Å²) in [5.74, 6) is -1.90. The lowest BCUT2D eigenvalue weighted by Crippen LogP contribution is -2.45. The van der Waals surface area contributed by atoms with Crippen LogP contribution in [0.2, 0.25) is 0 Å². The summed E-state index contributed by atoms with van der Waals surface area (Å²) in [5.41, 5.74) is 0. The number of hydrogen-bond donors (Lipinski definition) is 2. The topological polar surface area (TPSA) is 88.4 Å². The number of hydrogen-bond acceptors (Lipinski definition) is 4. The Hall–Kier alpha value is -2.11. The van der Waals surface area contributed by atoms with E-state index < -0.39 is 17.7 Å². The van der Waals surface area contributed by atoms with Gasteiger partial charge in [-0.1, -0.05) is 0 Å². The van der Waals surface area contributed by atoms with Crippen molar-refractivity contribution in [2.75, 3.05) is 5.32 Å². The number of nitrogens with one attached hydrogen (secondary N) is 2. The summed E-state index contributed by atoms with van der Waals surface area (Å²) in [7, 11) is 0. The average Bonchev–Trinajstić information content (AvgIpc) is 2.70.